The normalized spacial score (nSPS) is 14.9. The summed E-state index contributed by atoms with van der Waals surface area (Å²) in [6.45, 7) is 3.99. The highest BCUT2D eigenvalue weighted by Gasteiger charge is 2.21. The predicted octanol–water partition coefficient (Wildman–Crippen LogP) is 1.87. The largest absolute Gasteiger partial charge is 0.506 e. The molecule has 1 aromatic carbocycles. The van der Waals surface area contributed by atoms with Crippen LogP contribution >= 0.6 is 0 Å². The van der Waals surface area contributed by atoms with Gasteiger partial charge in [0.15, 0.2) is 11.8 Å². The number of aliphatic imine (C=N–C) groups is 1. The summed E-state index contributed by atoms with van der Waals surface area (Å²) in [5.74, 6) is 1.99. The van der Waals surface area contributed by atoms with E-state index in [-0.39, 0.29) is 0 Å². The first-order valence-electron chi connectivity index (χ1n) is 9.68. The lowest BCUT2D eigenvalue weighted by atomic mass is 10.2. The van der Waals surface area contributed by atoms with E-state index in [1.54, 1.807) is 30.2 Å². The zero-order valence-corrected chi connectivity index (χ0v) is 16.4. The molecule has 0 aliphatic carbocycles. The molecule has 1 aliphatic rings. The number of aromatic nitrogens is 3. The Morgan fingerprint density at radius 1 is 1.10 bits per heavy atom. The van der Waals surface area contributed by atoms with Crippen LogP contribution in [0.1, 0.15) is 5.56 Å². The maximum atomic E-state index is 10.1. The van der Waals surface area contributed by atoms with E-state index in [4.69, 9.17) is 0 Å². The monoisotopic (exact) mass is 391 g/mol. The van der Waals surface area contributed by atoms with Crippen molar-refractivity contribution in [2.45, 2.75) is 6.54 Å². The predicted molar refractivity (Wildman–Crippen MR) is 113 cm³/mol. The number of rotatable bonds is 4. The molecule has 0 spiro atoms. The van der Waals surface area contributed by atoms with Crippen molar-refractivity contribution >= 4 is 11.6 Å². The third-order valence-corrected chi connectivity index (χ3v) is 5.01. The number of aromatic hydroxyl groups is 1. The molecule has 150 valence electrons. The summed E-state index contributed by atoms with van der Waals surface area (Å²) in [5, 5.41) is 17.8. The Morgan fingerprint density at radius 3 is 2.66 bits per heavy atom. The first-order chi connectivity index (χ1) is 14.2. The van der Waals surface area contributed by atoms with Crippen LogP contribution in [0, 0.1) is 0 Å². The quantitative estimate of drug-likeness (QED) is 0.522. The first kappa shape index (κ1) is 18.8. The number of phenolic OH excluding ortho intramolecular Hbond substituents is 1. The molecule has 1 aliphatic heterocycles. The fraction of sp³-hybridized carbons (Fsp3) is 0.286. The van der Waals surface area contributed by atoms with Crippen molar-refractivity contribution in [3.8, 4) is 11.6 Å². The number of anilines is 1. The van der Waals surface area contributed by atoms with Crippen molar-refractivity contribution in [1.82, 2.24) is 25.0 Å². The van der Waals surface area contributed by atoms with E-state index in [1.807, 2.05) is 42.6 Å². The number of nitrogens with zero attached hydrogens (tertiary/aromatic N) is 6. The van der Waals surface area contributed by atoms with Crippen LogP contribution in [-0.2, 0) is 6.54 Å². The SMILES string of the molecule is CN=C(NCc1ccnc(-n2cccn2)c1)N1CCN(c2ccccc2O)CC1. The van der Waals surface area contributed by atoms with Gasteiger partial charge in [0.2, 0.25) is 0 Å². The molecule has 2 aromatic heterocycles. The van der Waals surface area contributed by atoms with Crippen LogP contribution in [0.5, 0.6) is 5.75 Å². The Hall–Kier alpha value is -3.55. The number of piperazine rings is 1. The second-order valence-corrected chi connectivity index (χ2v) is 6.84. The van der Waals surface area contributed by atoms with Crippen LogP contribution in [-0.4, -0.2) is 64.0 Å². The molecule has 0 atom stereocenters. The number of guanidine groups is 1. The summed E-state index contributed by atoms with van der Waals surface area (Å²) in [4.78, 5) is 13.3. The minimum Gasteiger partial charge on any atom is -0.506 e. The van der Waals surface area contributed by atoms with Crippen LogP contribution in [0.15, 0.2) is 66.0 Å². The van der Waals surface area contributed by atoms with Gasteiger partial charge in [-0.1, -0.05) is 12.1 Å². The molecule has 8 heteroatoms. The summed E-state index contributed by atoms with van der Waals surface area (Å²) >= 11 is 0. The van der Waals surface area contributed by atoms with E-state index in [9.17, 15) is 5.11 Å². The van der Waals surface area contributed by atoms with Crippen molar-refractivity contribution in [2.24, 2.45) is 4.99 Å². The second-order valence-electron chi connectivity index (χ2n) is 6.84. The molecular formula is C21H25N7O. The Labute approximate surface area is 170 Å². The van der Waals surface area contributed by atoms with Crippen molar-refractivity contribution < 1.29 is 5.11 Å². The molecule has 8 nitrogen and oxygen atoms in total. The van der Waals surface area contributed by atoms with Gasteiger partial charge in [-0.05, 0) is 35.9 Å². The molecule has 3 heterocycles. The smallest absolute Gasteiger partial charge is 0.194 e. The van der Waals surface area contributed by atoms with E-state index in [1.165, 1.54) is 0 Å². The van der Waals surface area contributed by atoms with Gasteiger partial charge in [-0.15, -0.1) is 0 Å². The molecule has 0 unspecified atom stereocenters. The standard InChI is InChI=1S/C21H25N7O/c1-22-21(24-16-17-7-9-23-20(15-17)28-10-4-8-25-28)27-13-11-26(12-14-27)18-5-2-3-6-19(18)29/h2-10,15,29H,11-14,16H2,1H3,(H,22,24). The van der Waals surface area contributed by atoms with Crippen LogP contribution in [0.25, 0.3) is 5.82 Å². The first-order valence-corrected chi connectivity index (χ1v) is 9.68. The zero-order chi connectivity index (χ0) is 20.1. The molecule has 0 bridgehead atoms. The average molecular weight is 391 g/mol. The lowest BCUT2D eigenvalue weighted by Crippen LogP contribution is -2.52. The Kier molecular flexibility index (Phi) is 5.60. The Balaban J connectivity index is 1.35. The molecule has 2 N–H and O–H groups in total. The van der Waals surface area contributed by atoms with Gasteiger partial charge in [-0.25, -0.2) is 9.67 Å². The highest BCUT2D eigenvalue weighted by molar-refractivity contribution is 5.80. The molecule has 29 heavy (non-hydrogen) atoms. The van der Waals surface area contributed by atoms with E-state index in [0.717, 1.165) is 49.2 Å². The molecule has 0 radical (unpaired) electrons. The molecule has 4 rings (SSSR count). The lowest BCUT2D eigenvalue weighted by molar-refractivity contribution is 0.369. The van der Waals surface area contributed by atoms with Gasteiger partial charge in [0.25, 0.3) is 0 Å². The minimum atomic E-state index is 0.328. The van der Waals surface area contributed by atoms with Gasteiger partial charge in [0.1, 0.15) is 5.75 Å². The summed E-state index contributed by atoms with van der Waals surface area (Å²) < 4.78 is 1.75. The molecular weight excluding hydrogens is 366 g/mol. The summed E-state index contributed by atoms with van der Waals surface area (Å²) in [6, 6.07) is 13.4. The maximum Gasteiger partial charge on any atom is 0.194 e. The fourth-order valence-corrected chi connectivity index (χ4v) is 3.50. The minimum absolute atomic E-state index is 0.328. The second kappa shape index (κ2) is 8.64. The van der Waals surface area contributed by atoms with Crippen molar-refractivity contribution in [3.63, 3.8) is 0 Å². The number of nitrogens with one attached hydrogen (secondary N) is 1. The van der Waals surface area contributed by atoms with Crippen LogP contribution in [0.4, 0.5) is 5.69 Å². The van der Waals surface area contributed by atoms with Crippen LogP contribution < -0.4 is 10.2 Å². The summed E-state index contributed by atoms with van der Waals surface area (Å²) in [6.07, 6.45) is 5.41. The van der Waals surface area contributed by atoms with Crippen molar-refractivity contribution in [3.05, 3.63) is 66.6 Å². The molecule has 1 fully saturated rings. The van der Waals surface area contributed by atoms with Gasteiger partial charge >= 0.3 is 0 Å². The number of benzene rings is 1. The van der Waals surface area contributed by atoms with E-state index >= 15 is 0 Å². The number of para-hydroxylation sites is 2. The summed E-state index contributed by atoms with van der Waals surface area (Å²) in [5.41, 5.74) is 2.00. The lowest BCUT2D eigenvalue weighted by Gasteiger charge is -2.37. The van der Waals surface area contributed by atoms with Crippen LogP contribution in [0.3, 0.4) is 0 Å². The Morgan fingerprint density at radius 2 is 1.93 bits per heavy atom. The van der Waals surface area contributed by atoms with E-state index < -0.39 is 0 Å². The topological polar surface area (TPSA) is 81.8 Å². The number of hydrogen-bond donors (Lipinski definition) is 2. The maximum absolute atomic E-state index is 10.1. The van der Waals surface area contributed by atoms with Gasteiger partial charge in [-0.3, -0.25) is 4.99 Å². The van der Waals surface area contributed by atoms with Gasteiger partial charge in [0, 0.05) is 58.4 Å². The average Bonchev–Trinajstić information content (AvgIpc) is 3.30. The van der Waals surface area contributed by atoms with E-state index in [0.29, 0.717) is 12.3 Å². The van der Waals surface area contributed by atoms with Gasteiger partial charge < -0.3 is 20.2 Å². The Bertz CT molecular complexity index is 963. The number of phenols is 1. The molecule has 0 amide bonds. The summed E-state index contributed by atoms with van der Waals surface area (Å²) in [7, 11) is 1.81. The number of pyridine rings is 1. The molecule has 3 aromatic rings. The molecule has 1 saturated heterocycles. The van der Waals surface area contributed by atoms with Crippen LogP contribution in [0.2, 0.25) is 0 Å². The van der Waals surface area contributed by atoms with Gasteiger partial charge in [0.05, 0.1) is 5.69 Å². The molecule has 0 saturated carbocycles. The third-order valence-electron chi connectivity index (χ3n) is 5.01. The number of hydrogen-bond acceptors (Lipinski definition) is 5. The highest BCUT2D eigenvalue weighted by atomic mass is 16.3. The zero-order valence-electron chi connectivity index (χ0n) is 16.4. The fourth-order valence-electron chi connectivity index (χ4n) is 3.50. The van der Waals surface area contributed by atoms with E-state index in [2.05, 4.69) is 30.2 Å². The highest BCUT2D eigenvalue weighted by Crippen LogP contribution is 2.27. The van der Waals surface area contributed by atoms with Crippen molar-refractivity contribution in [1.29, 1.82) is 0 Å². The van der Waals surface area contributed by atoms with Crippen molar-refractivity contribution in [2.75, 3.05) is 38.1 Å². The third kappa shape index (κ3) is 4.31. The van der Waals surface area contributed by atoms with Gasteiger partial charge in [-0.2, -0.15) is 5.10 Å².